The van der Waals surface area contributed by atoms with Crippen LogP contribution in [0.15, 0.2) is 0 Å². The van der Waals surface area contributed by atoms with E-state index >= 15 is 0 Å². The molecule has 1 N–H and O–H groups in total. The molecule has 1 aliphatic heterocycles. The van der Waals surface area contributed by atoms with Crippen molar-refractivity contribution in [2.75, 3.05) is 19.8 Å². The maximum atomic E-state index is 5.69. The van der Waals surface area contributed by atoms with Crippen LogP contribution in [0, 0.1) is 11.8 Å². The lowest BCUT2D eigenvalue weighted by Crippen LogP contribution is -2.43. The fraction of sp³-hybridized carbons (Fsp3) is 1.00. The van der Waals surface area contributed by atoms with Crippen molar-refractivity contribution in [2.45, 2.75) is 70.8 Å². The minimum Gasteiger partial charge on any atom is -0.381 e. The molecule has 2 nitrogen and oxygen atoms in total. The van der Waals surface area contributed by atoms with Gasteiger partial charge in [0.05, 0.1) is 6.61 Å². The third-order valence-corrected chi connectivity index (χ3v) is 4.80. The lowest BCUT2D eigenvalue weighted by molar-refractivity contribution is 0.0257. The molecule has 2 fully saturated rings. The van der Waals surface area contributed by atoms with E-state index in [0.29, 0.717) is 0 Å². The first kappa shape index (κ1) is 14.3. The zero-order valence-corrected chi connectivity index (χ0v) is 12.1. The van der Waals surface area contributed by atoms with Crippen LogP contribution in [0.2, 0.25) is 0 Å². The highest BCUT2D eigenvalue weighted by Crippen LogP contribution is 2.30. The van der Waals surface area contributed by atoms with Crippen LogP contribution in [-0.4, -0.2) is 25.8 Å². The maximum absolute atomic E-state index is 5.69. The molecule has 0 aromatic carbocycles. The minimum atomic E-state index is 0.724. The topological polar surface area (TPSA) is 21.3 Å². The van der Waals surface area contributed by atoms with Crippen molar-refractivity contribution in [3.05, 3.63) is 0 Å². The molecule has 1 heterocycles. The lowest BCUT2D eigenvalue weighted by Gasteiger charge is -2.33. The summed E-state index contributed by atoms with van der Waals surface area (Å²) in [5, 5.41) is 3.73. The van der Waals surface area contributed by atoms with Crippen LogP contribution in [0.25, 0.3) is 0 Å². The van der Waals surface area contributed by atoms with Gasteiger partial charge in [0.1, 0.15) is 0 Å². The van der Waals surface area contributed by atoms with Gasteiger partial charge in [0.2, 0.25) is 0 Å². The van der Waals surface area contributed by atoms with Crippen LogP contribution >= 0.6 is 0 Å². The molecule has 0 aromatic rings. The van der Waals surface area contributed by atoms with Gasteiger partial charge in [-0.1, -0.05) is 45.4 Å². The third kappa shape index (κ3) is 4.55. The molecule has 0 aromatic heterocycles. The Morgan fingerprint density at radius 1 is 1.06 bits per heavy atom. The van der Waals surface area contributed by atoms with Gasteiger partial charge in [-0.2, -0.15) is 0 Å². The molecular weight excluding hydrogens is 222 g/mol. The summed E-state index contributed by atoms with van der Waals surface area (Å²) < 4.78 is 5.69. The molecule has 2 aliphatic rings. The monoisotopic (exact) mass is 253 g/mol. The van der Waals surface area contributed by atoms with Crippen LogP contribution in [0.3, 0.4) is 0 Å². The fourth-order valence-corrected chi connectivity index (χ4v) is 3.61. The summed E-state index contributed by atoms with van der Waals surface area (Å²) in [6.07, 6.45) is 12.7. The normalized spacial score (nSPS) is 30.5. The molecule has 1 aliphatic carbocycles. The van der Waals surface area contributed by atoms with E-state index in [1.54, 1.807) is 0 Å². The summed E-state index contributed by atoms with van der Waals surface area (Å²) in [6.45, 7) is 5.38. The first-order chi connectivity index (χ1) is 8.90. The van der Waals surface area contributed by atoms with Crippen molar-refractivity contribution in [3.63, 3.8) is 0 Å². The van der Waals surface area contributed by atoms with Crippen LogP contribution in [0.5, 0.6) is 0 Å². The fourth-order valence-electron chi connectivity index (χ4n) is 3.61. The van der Waals surface area contributed by atoms with Crippen molar-refractivity contribution >= 4 is 0 Å². The SMILES string of the molecule is CCCNC1CCOCC1CCC1CCCCC1. The van der Waals surface area contributed by atoms with Crippen molar-refractivity contribution in [1.82, 2.24) is 5.32 Å². The predicted octanol–water partition coefficient (Wildman–Crippen LogP) is 3.75. The van der Waals surface area contributed by atoms with E-state index in [2.05, 4.69) is 12.2 Å². The van der Waals surface area contributed by atoms with E-state index in [9.17, 15) is 0 Å². The molecule has 2 unspecified atom stereocenters. The molecular formula is C16H31NO. The van der Waals surface area contributed by atoms with Gasteiger partial charge in [0.25, 0.3) is 0 Å². The summed E-state index contributed by atoms with van der Waals surface area (Å²) >= 11 is 0. The van der Waals surface area contributed by atoms with Crippen LogP contribution in [-0.2, 0) is 4.74 Å². The zero-order chi connectivity index (χ0) is 12.6. The number of hydrogen-bond donors (Lipinski definition) is 1. The quantitative estimate of drug-likeness (QED) is 0.778. The molecule has 2 rings (SSSR count). The largest absolute Gasteiger partial charge is 0.381 e. The van der Waals surface area contributed by atoms with E-state index in [1.165, 1.54) is 64.3 Å². The van der Waals surface area contributed by atoms with E-state index in [1.807, 2.05) is 0 Å². The lowest BCUT2D eigenvalue weighted by atomic mass is 9.82. The van der Waals surface area contributed by atoms with Crippen molar-refractivity contribution in [1.29, 1.82) is 0 Å². The van der Waals surface area contributed by atoms with Crippen molar-refractivity contribution in [3.8, 4) is 0 Å². The Morgan fingerprint density at radius 3 is 2.67 bits per heavy atom. The number of nitrogens with one attached hydrogen (secondary N) is 1. The molecule has 0 radical (unpaired) electrons. The summed E-state index contributed by atoms with van der Waals surface area (Å²) in [7, 11) is 0. The van der Waals surface area contributed by atoms with E-state index in [-0.39, 0.29) is 0 Å². The average molecular weight is 253 g/mol. The highest BCUT2D eigenvalue weighted by molar-refractivity contribution is 4.80. The second-order valence-electron chi connectivity index (χ2n) is 6.27. The minimum absolute atomic E-state index is 0.724. The van der Waals surface area contributed by atoms with Gasteiger partial charge in [-0.25, -0.2) is 0 Å². The molecule has 1 saturated carbocycles. The molecule has 1 saturated heterocycles. The first-order valence-electron chi connectivity index (χ1n) is 8.21. The molecule has 0 amide bonds. The Kier molecular flexibility index (Phi) is 6.50. The molecule has 2 heteroatoms. The van der Waals surface area contributed by atoms with Crippen LogP contribution < -0.4 is 5.32 Å². The molecule has 2 atom stereocenters. The Morgan fingerprint density at radius 2 is 1.89 bits per heavy atom. The van der Waals surface area contributed by atoms with E-state index < -0.39 is 0 Å². The van der Waals surface area contributed by atoms with E-state index in [0.717, 1.165) is 31.1 Å². The molecule has 0 bridgehead atoms. The standard InChI is InChI=1S/C16H31NO/c1-2-11-17-16-10-12-18-13-15(16)9-8-14-6-4-3-5-7-14/h14-17H,2-13H2,1H3. The summed E-state index contributed by atoms with van der Waals surface area (Å²) in [5.74, 6) is 1.79. The van der Waals surface area contributed by atoms with Gasteiger partial charge < -0.3 is 10.1 Å². The predicted molar refractivity (Wildman–Crippen MR) is 76.8 cm³/mol. The summed E-state index contributed by atoms with van der Waals surface area (Å²) in [6, 6.07) is 0.724. The van der Waals surface area contributed by atoms with Gasteiger partial charge in [-0.15, -0.1) is 0 Å². The Bertz CT molecular complexity index is 213. The number of rotatable bonds is 6. The highest BCUT2D eigenvalue weighted by atomic mass is 16.5. The summed E-state index contributed by atoms with van der Waals surface area (Å²) in [5.41, 5.74) is 0. The van der Waals surface area contributed by atoms with Gasteiger partial charge in [-0.05, 0) is 37.6 Å². The van der Waals surface area contributed by atoms with Gasteiger partial charge in [-0.3, -0.25) is 0 Å². The Labute approximate surface area is 113 Å². The van der Waals surface area contributed by atoms with Gasteiger partial charge >= 0.3 is 0 Å². The van der Waals surface area contributed by atoms with Crippen molar-refractivity contribution in [2.24, 2.45) is 11.8 Å². The number of ether oxygens (including phenoxy) is 1. The highest BCUT2D eigenvalue weighted by Gasteiger charge is 2.26. The molecule has 18 heavy (non-hydrogen) atoms. The number of hydrogen-bond acceptors (Lipinski definition) is 2. The zero-order valence-electron chi connectivity index (χ0n) is 12.1. The molecule has 0 spiro atoms. The Balaban J connectivity index is 1.70. The van der Waals surface area contributed by atoms with Crippen LogP contribution in [0.1, 0.15) is 64.7 Å². The smallest absolute Gasteiger partial charge is 0.0509 e. The van der Waals surface area contributed by atoms with Crippen molar-refractivity contribution < 1.29 is 4.74 Å². The Hall–Kier alpha value is -0.0800. The van der Waals surface area contributed by atoms with Crippen LogP contribution in [0.4, 0.5) is 0 Å². The average Bonchev–Trinajstić information content (AvgIpc) is 2.45. The summed E-state index contributed by atoms with van der Waals surface area (Å²) in [4.78, 5) is 0. The van der Waals surface area contributed by atoms with E-state index in [4.69, 9.17) is 4.74 Å². The molecule has 106 valence electrons. The van der Waals surface area contributed by atoms with Gasteiger partial charge in [0, 0.05) is 12.6 Å². The maximum Gasteiger partial charge on any atom is 0.0509 e. The van der Waals surface area contributed by atoms with Gasteiger partial charge in [0.15, 0.2) is 0 Å². The first-order valence-corrected chi connectivity index (χ1v) is 8.21. The second-order valence-corrected chi connectivity index (χ2v) is 6.27. The third-order valence-electron chi connectivity index (χ3n) is 4.80. The second kappa shape index (κ2) is 8.16.